The van der Waals surface area contributed by atoms with E-state index in [0.29, 0.717) is 94.9 Å². The highest BCUT2D eigenvalue weighted by molar-refractivity contribution is 7.82. The number of amides is 8. The smallest absolute Gasteiger partial charge is 0.425 e. The van der Waals surface area contributed by atoms with Gasteiger partial charge < -0.3 is 74.0 Å². The largest absolute Gasteiger partial charge is 0.493 e. The molecule has 119 heavy (non-hydrogen) atoms. The fraction of sp³-hybridized carbons (Fsp3) is 0.314. The Bertz CT molecular complexity index is 5660. The molecule has 8 amide bonds. The average molecular weight is 1670 g/mol. The Balaban J connectivity index is 0.000000221. The summed E-state index contributed by atoms with van der Waals surface area (Å²) >= 11 is 8.94. The lowest BCUT2D eigenvalue weighted by atomic mass is 9.99. The van der Waals surface area contributed by atoms with Crippen LogP contribution in [0.4, 0.5) is 40.1 Å². The molecule has 6 N–H and O–H groups in total. The SMILES string of the molecule is C.COc1cc2c(cc1OCCCC(=O)Nc1cn(C)c(C(=O)Nc3ccc(-c4cc(C(=O)NCC(C)(C)S)n(C)c4)cc3)n1)CC[C@@H]1Cc3ccccc3N1C2=O.COc1cc2c(cc1OCCCC(=O)Nc1cn(C)c(C(=O)Nc3ccc(-c4cc(C(=O)NCC(C)(C)S)n(C)c4)cc3)n1)N=C[C@@H]1Cc3ccccc3N1C2=O.O=S(=O)=O. The van der Waals surface area contributed by atoms with E-state index < -0.39 is 22.4 Å². The molecule has 0 unspecified atom stereocenters. The van der Waals surface area contributed by atoms with E-state index in [0.717, 1.165) is 64.0 Å². The number of nitrogens with one attached hydrogen (secondary N) is 6. The van der Waals surface area contributed by atoms with Gasteiger partial charge in [-0.1, -0.05) is 68.1 Å². The van der Waals surface area contributed by atoms with Gasteiger partial charge >= 0.3 is 10.6 Å². The molecule has 0 radical (unpaired) electrons. The monoisotopic (exact) mass is 1670 g/mol. The molecule has 4 aromatic heterocycles. The number of anilines is 6. The Kier molecular flexibility index (Phi) is 27.6. The number of nitrogens with zero attached hydrogens (tertiary/aromatic N) is 9. The molecule has 14 rings (SSSR count). The van der Waals surface area contributed by atoms with Crippen LogP contribution in [0.1, 0.15) is 147 Å². The summed E-state index contributed by atoms with van der Waals surface area (Å²) in [5.41, 5.74) is 12.2. The van der Waals surface area contributed by atoms with Gasteiger partial charge in [-0.05, 0) is 154 Å². The van der Waals surface area contributed by atoms with Crippen molar-refractivity contribution in [2.24, 2.45) is 33.2 Å². The summed E-state index contributed by atoms with van der Waals surface area (Å²) in [6.07, 6.45) is 12.9. The quantitative estimate of drug-likeness (QED) is 0.0184. The maximum Gasteiger partial charge on any atom is 0.425 e. The number of para-hydroxylation sites is 2. The van der Waals surface area contributed by atoms with Crippen molar-refractivity contribution in [3.05, 3.63) is 209 Å². The Morgan fingerprint density at radius 3 is 1.41 bits per heavy atom. The molecular formula is C86H95N15O15S3. The summed E-state index contributed by atoms with van der Waals surface area (Å²) in [4.78, 5) is 122. The van der Waals surface area contributed by atoms with Crippen LogP contribution >= 0.6 is 25.3 Å². The fourth-order valence-electron chi connectivity index (χ4n) is 14.1. The van der Waals surface area contributed by atoms with Gasteiger partial charge in [-0.2, -0.15) is 25.3 Å². The topological polar surface area (TPSA) is 361 Å². The van der Waals surface area contributed by atoms with Crippen LogP contribution in [0.2, 0.25) is 0 Å². The number of carbonyl (C=O) groups is 8. The van der Waals surface area contributed by atoms with Crippen molar-refractivity contribution in [2.45, 2.75) is 108 Å². The van der Waals surface area contributed by atoms with Crippen LogP contribution < -0.4 is 60.6 Å². The van der Waals surface area contributed by atoms with Crippen LogP contribution in [0.3, 0.4) is 0 Å². The number of thiol groups is 2. The van der Waals surface area contributed by atoms with Gasteiger partial charge in [-0.3, -0.25) is 48.2 Å². The highest BCUT2D eigenvalue weighted by Gasteiger charge is 2.39. The first kappa shape index (κ1) is 87.1. The van der Waals surface area contributed by atoms with Crippen molar-refractivity contribution >= 4 is 129 Å². The molecule has 10 aromatic rings. The second-order valence-corrected chi connectivity index (χ2v) is 32.9. The molecule has 0 spiro atoms. The van der Waals surface area contributed by atoms with Crippen molar-refractivity contribution < 1.29 is 69.9 Å². The molecule has 4 aliphatic rings. The predicted octanol–water partition coefficient (Wildman–Crippen LogP) is 12.3. The summed E-state index contributed by atoms with van der Waals surface area (Å²) in [5.74, 6) is 0.542. The third-order valence-electron chi connectivity index (χ3n) is 19.9. The number of methoxy groups -OCH3 is 2. The van der Waals surface area contributed by atoms with E-state index in [9.17, 15) is 38.4 Å². The number of fused-ring (bicyclic) bond motifs is 8. The molecule has 6 aromatic carbocycles. The van der Waals surface area contributed by atoms with E-state index in [4.69, 9.17) is 31.6 Å². The van der Waals surface area contributed by atoms with Crippen LogP contribution in [0.5, 0.6) is 23.0 Å². The maximum absolute atomic E-state index is 13.7. The lowest BCUT2D eigenvalue weighted by Crippen LogP contribution is -2.37. The number of aryl methyl sites for hydroxylation is 5. The van der Waals surface area contributed by atoms with Gasteiger partial charge in [-0.15, -0.1) is 12.6 Å². The number of hydrogen-bond donors (Lipinski definition) is 8. The van der Waals surface area contributed by atoms with Crippen molar-refractivity contribution in [3.8, 4) is 45.3 Å². The number of ether oxygens (including phenoxy) is 4. The van der Waals surface area contributed by atoms with Crippen LogP contribution in [0.15, 0.2) is 163 Å². The Labute approximate surface area is 701 Å². The van der Waals surface area contributed by atoms with Gasteiger partial charge in [0.1, 0.15) is 11.4 Å². The summed E-state index contributed by atoms with van der Waals surface area (Å²) in [6.45, 7) is 9.03. The number of aliphatic imine (C=N–C) groups is 1. The minimum atomic E-state index is -3.11. The number of aromatic nitrogens is 6. The van der Waals surface area contributed by atoms with Crippen LogP contribution in [0, 0.1) is 0 Å². The summed E-state index contributed by atoms with van der Waals surface area (Å²) in [7, 11) is 6.93. The van der Waals surface area contributed by atoms with E-state index in [1.165, 1.54) is 17.2 Å². The van der Waals surface area contributed by atoms with E-state index in [1.807, 2.05) is 144 Å². The Morgan fingerprint density at radius 1 is 0.504 bits per heavy atom. The lowest BCUT2D eigenvalue weighted by molar-refractivity contribution is -0.117. The second-order valence-electron chi connectivity index (χ2n) is 30.1. The first-order chi connectivity index (χ1) is 56.3. The van der Waals surface area contributed by atoms with E-state index in [-0.39, 0.29) is 114 Å². The summed E-state index contributed by atoms with van der Waals surface area (Å²) < 4.78 is 54.6. The van der Waals surface area contributed by atoms with E-state index >= 15 is 0 Å². The number of benzene rings is 6. The van der Waals surface area contributed by atoms with E-state index in [1.54, 1.807) is 101 Å². The van der Waals surface area contributed by atoms with Crippen molar-refractivity contribution in [2.75, 3.05) is 71.6 Å². The van der Waals surface area contributed by atoms with E-state index in [2.05, 4.69) is 78.2 Å². The molecule has 2 atom stereocenters. The molecule has 0 fully saturated rings. The van der Waals surface area contributed by atoms with Gasteiger partial charge in [0.25, 0.3) is 35.4 Å². The van der Waals surface area contributed by atoms with Crippen molar-refractivity contribution in [3.63, 3.8) is 0 Å². The molecule has 4 aliphatic heterocycles. The third-order valence-corrected chi connectivity index (χ3v) is 20.2. The molecule has 0 saturated carbocycles. The second kappa shape index (κ2) is 37.7. The zero-order valence-corrected chi connectivity index (χ0v) is 69.3. The molecule has 0 bridgehead atoms. The number of rotatable bonds is 26. The third kappa shape index (κ3) is 21.3. The molecule has 33 heteroatoms. The standard InChI is InChI=1S/C43H47N7O6S.C42H44N8O6S.CH4.O3S/c1-43(2,57)25-44-40(52)34-20-29(23-48(34)3)26-12-15-30(16-13-26)45-41(53)39-47-37(24-49(39)4)46-38(51)11-8-18-56-36-21-27-14-17-31-19-28-9-6-7-10-33(28)50(31)42(54)32(27)22-35(36)55-5;1-42(2,57)24-44-39(52)33-18-27(22-48(33)3)25-12-14-28(15-13-25)45-40(53)38-47-36(23-49(38)4)46-37(51)11-8-16-56-35-20-31-30(19-34(35)55-5)41(54)50-29(21-43-31)17-26-9-6-7-10-32(26)50;;1-4(2)3/h6-7,9-10,12-13,15-16,20-24,31,57H,8,11,14,17-19,25H2,1-5H3,(H,44,52)(H,45,53)(H,46,51);6-7,9-10,12-15,18-23,29,57H,8,11,16-17,24H2,1-5H3,(H,44,52)(H,45,53)(H,46,51);1H4;/t31-;29-;;/m10../s1. The number of hydrogen-bond acceptors (Lipinski definition) is 20. The normalized spacial score (nSPS) is 14.1. The van der Waals surface area contributed by atoms with Crippen LogP contribution in [-0.2, 0) is 67.7 Å². The Hall–Kier alpha value is -12.8. The summed E-state index contributed by atoms with van der Waals surface area (Å²) in [6, 6.07) is 41.1. The van der Waals surface area contributed by atoms with Gasteiger partial charge in [-0.25, -0.2) is 9.97 Å². The summed E-state index contributed by atoms with van der Waals surface area (Å²) in [5, 5.41) is 17.0. The average Bonchev–Trinajstić information content (AvgIpc) is 1.62. The molecule has 30 nitrogen and oxygen atoms in total. The zero-order valence-electron chi connectivity index (χ0n) is 66.7. The lowest BCUT2D eigenvalue weighted by Gasteiger charge is -2.23. The highest BCUT2D eigenvalue weighted by Crippen LogP contribution is 2.43. The molecule has 0 aliphatic carbocycles. The van der Waals surface area contributed by atoms with Crippen LogP contribution in [0.25, 0.3) is 22.3 Å². The van der Waals surface area contributed by atoms with Crippen molar-refractivity contribution in [1.82, 2.24) is 38.9 Å². The number of carbonyl (C=O) groups excluding carboxylic acids is 8. The van der Waals surface area contributed by atoms with Gasteiger partial charge in [0, 0.05) is 153 Å². The Morgan fingerprint density at radius 2 is 0.941 bits per heavy atom. The first-order valence-electron chi connectivity index (χ1n) is 37.9. The first-order valence-corrected chi connectivity index (χ1v) is 39.8. The highest BCUT2D eigenvalue weighted by atomic mass is 32.2. The van der Waals surface area contributed by atoms with Crippen molar-refractivity contribution in [1.29, 1.82) is 0 Å². The predicted molar refractivity (Wildman–Crippen MR) is 462 cm³/mol. The fourth-order valence-corrected chi connectivity index (χ4v) is 14.3. The molecule has 622 valence electrons. The van der Waals surface area contributed by atoms with Crippen LogP contribution in [-0.4, -0.2) is 156 Å². The minimum Gasteiger partial charge on any atom is -0.493 e. The molecule has 8 heterocycles. The number of imidazole rings is 2. The zero-order chi connectivity index (χ0) is 84.4. The molecule has 0 saturated heterocycles. The van der Waals surface area contributed by atoms with Gasteiger partial charge in [0.2, 0.25) is 23.5 Å². The molecular weight excluding hydrogens is 1580 g/mol. The minimum absolute atomic E-state index is 0. The van der Waals surface area contributed by atoms with Gasteiger partial charge in [0.15, 0.2) is 34.6 Å². The van der Waals surface area contributed by atoms with Gasteiger partial charge in [0.05, 0.1) is 44.7 Å². The maximum atomic E-state index is 13.7.